The van der Waals surface area contributed by atoms with Crippen LogP contribution in [-0.4, -0.2) is 19.2 Å². The van der Waals surface area contributed by atoms with E-state index in [0.29, 0.717) is 6.04 Å². The van der Waals surface area contributed by atoms with E-state index in [9.17, 15) is 0 Å². The summed E-state index contributed by atoms with van der Waals surface area (Å²) in [5.41, 5.74) is 0. The minimum absolute atomic E-state index is 0.475. The van der Waals surface area contributed by atoms with Crippen molar-refractivity contribution in [2.24, 2.45) is 11.8 Å². The second-order valence-corrected chi connectivity index (χ2v) is 5.20. The molecule has 3 atom stereocenters. The number of rotatable bonds is 4. The highest BCUT2D eigenvalue weighted by molar-refractivity contribution is 5.09. The molecule has 0 saturated heterocycles. The summed E-state index contributed by atoms with van der Waals surface area (Å²) in [5.74, 6) is 2.85. The van der Waals surface area contributed by atoms with Crippen molar-refractivity contribution in [2.45, 2.75) is 52.0 Å². The molecule has 0 aromatic carbocycles. The Balaban J connectivity index is 2.06. The van der Waals surface area contributed by atoms with Crippen LogP contribution in [0.5, 0.6) is 0 Å². The SMILES string of the molecule is CCNC(C1=CCCCO1)C1CCCC1C. The van der Waals surface area contributed by atoms with E-state index < -0.39 is 0 Å². The molecule has 92 valence electrons. The third kappa shape index (κ3) is 2.60. The summed E-state index contributed by atoms with van der Waals surface area (Å²) in [5, 5.41) is 3.63. The topological polar surface area (TPSA) is 21.3 Å². The minimum Gasteiger partial charge on any atom is -0.497 e. The first-order chi connectivity index (χ1) is 7.83. The average Bonchev–Trinajstić information content (AvgIpc) is 2.73. The zero-order valence-corrected chi connectivity index (χ0v) is 10.7. The molecular weight excluding hydrogens is 198 g/mol. The molecule has 0 spiro atoms. The number of ether oxygens (including phenoxy) is 1. The molecule has 1 fully saturated rings. The Bertz CT molecular complexity index is 249. The lowest BCUT2D eigenvalue weighted by molar-refractivity contribution is 0.143. The van der Waals surface area contributed by atoms with E-state index in [4.69, 9.17) is 4.74 Å². The van der Waals surface area contributed by atoms with Crippen LogP contribution in [0.1, 0.15) is 46.0 Å². The molecular formula is C14H25NO. The van der Waals surface area contributed by atoms with E-state index >= 15 is 0 Å². The van der Waals surface area contributed by atoms with Crippen molar-refractivity contribution in [1.82, 2.24) is 5.32 Å². The zero-order chi connectivity index (χ0) is 11.4. The lowest BCUT2D eigenvalue weighted by Gasteiger charge is -2.31. The molecule has 0 radical (unpaired) electrons. The van der Waals surface area contributed by atoms with Crippen molar-refractivity contribution in [3.63, 3.8) is 0 Å². The van der Waals surface area contributed by atoms with Gasteiger partial charge in [-0.25, -0.2) is 0 Å². The predicted octanol–water partition coefficient (Wildman–Crippen LogP) is 3.10. The number of hydrogen-bond donors (Lipinski definition) is 1. The van der Waals surface area contributed by atoms with Gasteiger partial charge in [-0.3, -0.25) is 0 Å². The lowest BCUT2D eigenvalue weighted by Crippen LogP contribution is -2.40. The van der Waals surface area contributed by atoms with E-state index in [1.165, 1.54) is 37.9 Å². The fraction of sp³-hybridized carbons (Fsp3) is 0.857. The van der Waals surface area contributed by atoms with E-state index in [2.05, 4.69) is 25.2 Å². The summed E-state index contributed by atoms with van der Waals surface area (Å²) >= 11 is 0. The van der Waals surface area contributed by atoms with Gasteiger partial charge in [0.1, 0.15) is 5.76 Å². The molecule has 2 nitrogen and oxygen atoms in total. The Labute approximate surface area is 99.4 Å². The van der Waals surface area contributed by atoms with Crippen molar-refractivity contribution < 1.29 is 4.74 Å². The first kappa shape index (κ1) is 12.0. The van der Waals surface area contributed by atoms with Crippen molar-refractivity contribution in [3.05, 3.63) is 11.8 Å². The Hall–Kier alpha value is -0.500. The highest BCUT2D eigenvalue weighted by Crippen LogP contribution is 2.36. The summed E-state index contributed by atoms with van der Waals surface area (Å²) in [7, 11) is 0. The number of allylic oxidation sites excluding steroid dienone is 1. The molecule has 2 aliphatic rings. The average molecular weight is 223 g/mol. The summed E-state index contributed by atoms with van der Waals surface area (Å²) in [6.45, 7) is 6.53. The summed E-state index contributed by atoms with van der Waals surface area (Å²) in [6.07, 6.45) is 8.82. The Morgan fingerprint density at radius 2 is 2.31 bits per heavy atom. The molecule has 0 aromatic rings. The van der Waals surface area contributed by atoms with Crippen LogP contribution >= 0.6 is 0 Å². The highest BCUT2D eigenvalue weighted by atomic mass is 16.5. The molecule has 0 amide bonds. The normalized spacial score (nSPS) is 32.0. The Morgan fingerprint density at radius 1 is 1.44 bits per heavy atom. The van der Waals surface area contributed by atoms with Gasteiger partial charge >= 0.3 is 0 Å². The van der Waals surface area contributed by atoms with Crippen molar-refractivity contribution in [3.8, 4) is 0 Å². The molecule has 0 bridgehead atoms. The molecule has 1 N–H and O–H groups in total. The zero-order valence-electron chi connectivity index (χ0n) is 10.7. The van der Waals surface area contributed by atoms with E-state index in [0.717, 1.165) is 25.0 Å². The number of nitrogens with one attached hydrogen (secondary N) is 1. The predicted molar refractivity (Wildman–Crippen MR) is 67.2 cm³/mol. The monoisotopic (exact) mass is 223 g/mol. The van der Waals surface area contributed by atoms with Crippen LogP contribution in [0.3, 0.4) is 0 Å². The van der Waals surface area contributed by atoms with Gasteiger partial charge in [-0.2, -0.15) is 0 Å². The standard InChI is InChI=1S/C14H25NO/c1-3-15-14(12-8-6-7-11(12)2)13-9-4-5-10-16-13/h9,11-12,14-15H,3-8,10H2,1-2H3. The summed E-state index contributed by atoms with van der Waals surface area (Å²) in [4.78, 5) is 0. The molecule has 1 aliphatic heterocycles. The van der Waals surface area contributed by atoms with Crippen LogP contribution in [-0.2, 0) is 4.74 Å². The second kappa shape index (κ2) is 5.72. The summed E-state index contributed by atoms with van der Waals surface area (Å²) < 4.78 is 5.85. The van der Waals surface area contributed by atoms with Gasteiger partial charge in [-0.1, -0.05) is 26.7 Å². The second-order valence-electron chi connectivity index (χ2n) is 5.20. The Morgan fingerprint density at radius 3 is 2.88 bits per heavy atom. The molecule has 1 aliphatic carbocycles. The number of likely N-dealkylation sites (N-methyl/N-ethyl adjacent to an activating group) is 1. The largest absolute Gasteiger partial charge is 0.497 e. The van der Waals surface area contributed by atoms with E-state index in [1.54, 1.807) is 0 Å². The van der Waals surface area contributed by atoms with E-state index in [-0.39, 0.29) is 0 Å². The van der Waals surface area contributed by atoms with Crippen LogP contribution in [0.4, 0.5) is 0 Å². The van der Waals surface area contributed by atoms with Gasteiger partial charge in [0.15, 0.2) is 0 Å². The van der Waals surface area contributed by atoms with Crippen molar-refractivity contribution in [2.75, 3.05) is 13.2 Å². The fourth-order valence-electron chi connectivity index (χ4n) is 3.15. The first-order valence-corrected chi connectivity index (χ1v) is 6.89. The third-order valence-corrected chi connectivity index (χ3v) is 4.05. The first-order valence-electron chi connectivity index (χ1n) is 6.89. The van der Waals surface area contributed by atoms with Crippen LogP contribution in [0.15, 0.2) is 11.8 Å². The quantitative estimate of drug-likeness (QED) is 0.790. The van der Waals surface area contributed by atoms with Gasteiger partial charge in [0.2, 0.25) is 0 Å². The molecule has 0 aromatic heterocycles. The van der Waals surface area contributed by atoms with Crippen molar-refractivity contribution >= 4 is 0 Å². The van der Waals surface area contributed by atoms with Gasteiger partial charge in [-0.05, 0) is 43.7 Å². The fourth-order valence-corrected chi connectivity index (χ4v) is 3.15. The van der Waals surface area contributed by atoms with Crippen molar-refractivity contribution in [1.29, 1.82) is 0 Å². The smallest absolute Gasteiger partial charge is 0.109 e. The van der Waals surface area contributed by atoms with E-state index in [1.807, 2.05) is 0 Å². The molecule has 16 heavy (non-hydrogen) atoms. The minimum atomic E-state index is 0.475. The maximum absolute atomic E-state index is 5.85. The lowest BCUT2D eigenvalue weighted by atomic mass is 9.88. The maximum Gasteiger partial charge on any atom is 0.109 e. The van der Waals surface area contributed by atoms with Gasteiger partial charge in [0.25, 0.3) is 0 Å². The molecule has 1 saturated carbocycles. The van der Waals surface area contributed by atoms with Gasteiger partial charge in [0.05, 0.1) is 12.6 Å². The maximum atomic E-state index is 5.85. The number of hydrogen-bond acceptors (Lipinski definition) is 2. The molecule has 1 heterocycles. The molecule has 2 rings (SSSR count). The molecule has 3 unspecified atom stereocenters. The van der Waals surface area contributed by atoms with Crippen LogP contribution < -0.4 is 5.32 Å². The molecule has 2 heteroatoms. The third-order valence-electron chi connectivity index (χ3n) is 4.05. The van der Waals surface area contributed by atoms with Gasteiger partial charge in [0, 0.05) is 0 Å². The Kier molecular flexibility index (Phi) is 4.28. The highest BCUT2D eigenvalue weighted by Gasteiger charge is 2.33. The van der Waals surface area contributed by atoms with Crippen LogP contribution in [0, 0.1) is 11.8 Å². The summed E-state index contributed by atoms with van der Waals surface area (Å²) in [6, 6.07) is 0.475. The van der Waals surface area contributed by atoms with Crippen LogP contribution in [0.25, 0.3) is 0 Å². The van der Waals surface area contributed by atoms with Gasteiger partial charge in [-0.15, -0.1) is 0 Å². The van der Waals surface area contributed by atoms with Crippen LogP contribution in [0.2, 0.25) is 0 Å². The van der Waals surface area contributed by atoms with Gasteiger partial charge < -0.3 is 10.1 Å².